The molecule has 13 heavy (non-hydrogen) atoms. The molecule has 0 unspecified atom stereocenters. The summed E-state index contributed by atoms with van der Waals surface area (Å²) < 4.78 is 0. The van der Waals surface area contributed by atoms with Crippen LogP contribution in [0.25, 0.3) is 0 Å². The van der Waals surface area contributed by atoms with Gasteiger partial charge in [-0.1, -0.05) is 0 Å². The Morgan fingerprint density at radius 1 is 1.54 bits per heavy atom. The molecule has 4 heteroatoms. The van der Waals surface area contributed by atoms with Crippen molar-refractivity contribution in [1.82, 2.24) is 0 Å². The van der Waals surface area contributed by atoms with Crippen LogP contribution in [0.2, 0.25) is 0 Å². The SMILES string of the molecule is C#CCCC1(C(=O)O)CC2(C1)N=N2. The van der Waals surface area contributed by atoms with Crippen molar-refractivity contribution in [1.29, 1.82) is 0 Å². The second kappa shape index (κ2) is 2.32. The van der Waals surface area contributed by atoms with Crippen LogP contribution in [0.5, 0.6) is 0 Å². The van der Waals surface area contributed by atoms with E-state index < -0.39 is 11.4 Å². The van der Waals surface area contributed by atoms with Gasteiger partial charge in [0.1, 0.15) is 0 Å². The molecule has 1 spiro atoms. The molecule has 1 saturated carbocycles. The first-order valence-electron chi connectivity index (χ1n) is 4.23. The smallest absolute Gasteiger partial charge is 0.310 e. The van der Waals surface area contributed by atoms with Gasteiger partial charge in [0.05, 0.1) is 5.41 Å². The minimum atomic E-state index is -0.759. The van der Waals surface area contributed by atoms with E-state index in [1.807, 2.05) is 0 Å². The van der Waals surface area contributed by atoms with E-state index in [4.69, 9.17) is 11.5 Å². The minimum Gasteiger partial charge on any atom is -0.481 e. The number of hydrogen-bond acceptors (Lipinski definition) is 3. The van der Waals surface area contributed by atoms with Crippen molar-refractivity contribution in [2.24, 2.45) is 15.6 Å². The van der Waals surface area contributed by atoms with Crippen molar-refractivity contribution in [3.8, 4) is 12.3 Å². The molecule has 0 amide bonds. The third-order valence-corrected chi connectivity index (χ3v) is 2.83. The lowest BCUT2D eigenvalue weighted by Gasteiger charge is -2.41. The van der Waals surface area contributed by atoms with Crippen LogP contribution < -0.4 is 0 Å². The number of carboxylic acid groups (broad SMARTS) is 1. The topological polar surface area (TPSA) is 62.0 Å². The fourth-order valence-corrected chi connectivity index (χ4v) is 1.99. The first kappa shape index (κ1) is 8.24. The molecule has 0 aromatic rings. The van der Waals surface area contributed by atoms with E-state index in [1.165, 1.54) is 0 Å². The van der Waals surface area contributed by atoms with E-state index in [0.717, 1.165) is 0 Å². The second-order valence-electron chi connectivity index (χ2n) is 3.83. The van der Waals surface area contributed by atoms with E-state index in [-0.39, 0.29) is 5.66 Å². The zero-order valence-corrected chi connectivity index (χ0v) is 7.16. The molecule has 1 aliphatic heterocycles. The van der Waals surface area contributed by atoms with Gasteiger partial charge in [0.15, 0.2) is 5.66 Å². The summed E-state index contributed by atoms with van der Waals surface area (Å²) in [6, 6.07) is 0. The Bertz CT molecular complexity index is 313. The maximum absolute atomic E-state index is 11.0. The molecule has 1 aliphatic carbocycles. The van der Waals surface area contributed by atoms with Crippen LogP contribution in [0.4, 0.5) is 0 Å². The summed E-state index contributed by atoms with van der Waals surface area (Å²) in [6.45, 7) is 0. The number of hydrogen-bond donors (Lipinski definition) is 1. The van der Waals surface area contributed by atoms with Crippen molar-refractivity contribution in [2.75, 3.05) is 0 Å². The summed E-state index contributed by atoms with van der Waals surface area (Å²) in [7, 11) is 0. The molecule has 0 radical (unpaired) electrons. The van der Waals surface area contributed by atoms with Crippen molar-refractivity contribution in [3.63, 3.8) is 0 Å². The molecule has 0 aromatic heterocycles. The van der Waals surface area contributed by atoms with E-state index in [9.17, 15) is 4.79 Å². The Morgan fingerprint density at radius 3 is 2.54 bits per heavy atom. The highest BCUT2D eigenvalue weighted by Gasteiger charge is 2.64. The average molecular weight is 178 g/mol. The van der Waals surface area contributed by atoms with Crippen LogP contribution in [-0.2, 0) is 4.79 Å². The zero-order chi connectivity index (χ0) is 9.53. The van der Waals surface area contributed by atoms with Gasteiger partial charge >= 0.3 is 5.97 Å². The molecule has 0 bridgehead atoms. The highest BCUT2D eigenvalue weighted by Crippen LogP contribution is 2.60. The maximum Gasteiger partial charge on any atom is 0.310 e. The van der Waals surface area contributed by atoms with E-state index >= 15 is 0 Å². The molecule has 4 nitrogen and oxygen atoms in total. The van der Waals surface area contributed by atoms with Crippen LogP contribution in [0, 0.1) is 17.8 Å². The Hall–Kier alpha value is -1.37. The average Bonchev–Trinajstić information content (AvgIpc) is 2.77. The van der Waals surface area contributed by atoms with Crippen molar-refractivity contribution >= 4 is 5.97 Å². The molecular weight excluding hydrogens is 168 g/mol. The maximum atomic E-state index is 11.0. The molecule has 0 aromatic carbocycles. The van der Waals surface area contributed by atoms with Gasteiger partial charge < -0.3 is 5.11 Å². The molecule has 0 atom stereocenters. The highest BCUT2D eigenvalue weighted by molar-refractivity contribution is 5.77. The van der Waals surface area contributed by atoms with Crippen LogP contribution >= 0.6 is 0 Å². The number of rotatable bonds is 3. The number of nitrogens with zero attached hydrogens (tertiary/aromatic N) is 2. The number of carbonyl (C=O) groups is 1. The Labute approximate surface area is 76.0 Å². The normalized spacial score (nSPS) is 24.8. The van der Waals surface area contributed by atoms with Gasteiger partial charge in [0, 0.05) is 19.3 Å². The number of terminal acetylenes is 1. The number of aliphatic carboxylic acids is 1. The van der Waals surface area contributed by atoms with Crippen LogP contribution in [0.15, 0.2) is 10.2 Å². The summed E-state index contributed by atoms with van der Waals surface area (Å²) >= 11 is 0. The third-order valence-electron chi connectivity index (χ3n) is 2.83. The predicted molar refractivity (Wildman–Crippen MR) is 45.0 cm³/mol. The first-order valence-corrected chi connectivity index (χ1v) is 4.23. The lowest BCUT2D eigenvalue weighted by Crippen LogP contribution is -2.49. The molecule has 2 aliphatic rings. The lowest BCUT2D eigenvalue weighted by atomic mass is 9.61. The molecule has 1 heterocycles. The molecule has 68 valence electrons. The Kier molecular flexibility index (Phi) is 1.47. The van der Waals surface area contributed by atoms with Gasteiger partial charge in [-0.2, -0.15) is 10.2 Å². The monoisotopic (exact) mass is 178 g/mol. The van der Waals surface area contributed by atoms with Gasteiger partial charge in [-0.25, -0.2) is 0 Å². The Balaban J connectivity index is 1.99. The Morgan fingerprint density at radius 2 is 2.15 bits per heavy atom. The molecule has 2 rings (SSSR count). The quantitative estimate of drug-likeness (QED) is 0.664. The van der Waals surface area contributed by atoms with Crippen molar-refractivity contribution in [3.05, 3.63) is 0 Å². The van der Waals surface area contributed by atoms with E-state index in [2.05, 4.69) is 16.1 Å². The van der Waals surface area contributed by atoms with Crippen LogP contribution in [-0.4, -0.2) is 16.7 Å². The summed E-state index contributed by atoms with van der Waals surface area (Å²) in [6.07, 6.45) is 7.25. The van der Waals surface area contributed by atoms with E-state index in [1.54, 1.807) is 0 Å². The lowest BCUT2D eigenvalue weighted by molar-refractivity contribution is -0.157. The fourth-order valence-electron chi connectivity index (χ4n) is 1.99. The summed E-state index contributed by atoms with van der Waals surface area (Å²) in [5.41, 5.74) is -0.955. The molecular formula is C9H10N2O2. The molecule has 0 saturated heterocycles. The van der Waals surface area contributed by atoms with Gasteiger partial charge in [0.25, 0.3) is 0 Å². The molecule has 1 N–H and O–H groups in total. The predicted octanol–water partition coefficient (Wildman–Crippen LogP) is 1.43. The zero-order valence-electron chi connectivity index (χ0n) is 7.16. The summed E-state index contributed by atoms with van der Waals surface area (Å²) in [5.74, 6) is 1.71. The summed E-state index contributed by atoms with van der Waals surface area (Å²) in [4.78, 5) is 11.0. The van der Waals surface area contributed by atoms with Gasteiger partial charge in [-0.05, 0) is 6.42 Å². The third kappa shape index (κ3) is 1.12. The fraction of sp³-hybridized carbons (Fsp3) is 0.667. The largest absolute Gasteiger partial charge is 0.481 e. The van der Waals surface area contributed by atoms with Gasteiger partial charge in [-0.3, -0.25) is 4.79 Å². The van der Waals surface area contributed by atoms with Crippen molar-refractivity contribution < 1.29 is 9.90 Å². The first-order chi connectivity index (χ1) is 6.13. The van der Waals surface area contributed by atoms with Crippen molar-refractivity contribution in [2.45, 2.75) is 31.3 Å². The van der Waals surface area contributed by atoms with Crippen LogP contribution in [0.3, 0.4) is 0 Å². The molecule has 1 fully saturated rings. The van der Waals surface area contributed by atoms with Gasteiger partial charge in [0.2, 0.25) is 0 Å². The standard InChI is InChI=1S/C9H10N2O2/c1-2-3-4-8(7(12)13)5-9(6-8)10-11-9/h1H,3-6H2,(H,12,13). The van der Waals surface area contributed by atoms with Gasteiger partial charge in [-0.15, -0.1) is 12.3 Å². The number of carboxylic acids is 1. The van der Waals surface area contributed by atoms with Crippen LogP contribution in [0.1, 0.15) is 25.7 Å². The summed E-state index contributed by atoms with van der Waals surface area (Å²) in [5, 5.41) is 16.7. The van der Waals surface area contributed by atoms with E-state index in [0.29, 0.717) is 25.7 Å². The minimum absolute atomic E-state index is 0.313. The highest BCUT2D eigenvalue weighted by atomic mass is 16.4. The second-order valence-corrected chi connectivity index (χ2v) is 3.83.